The molecule has 3 aromatic heterocycles. The predicted octanol–water partition coefficient (Wildman–Crippen LogP) is 2.43. The van der Waals surface area contributed by atoms with E-state index in [0.29, 0.717) is 58.1 Å². The van der Waals surface area contributed by atoms with Crippen LogP contribution in [0, 0.1) is 0 Å². The van der Waals surface area contributed by atoms with Crippen molar-refractivity contribution < 1.29 is 19.0 Å². The summed E-state index contributed by atoms with van der Waals surface area (Å²) < 4.78 is 21.6. The van der Waals surface area contributed by atoms with Gasteiger partial charge in [-0.3, -0.25) is 14.3 Å². The van der Waals surface area contributed by atoms with Gasteiger partial charge in [-0.05, 0) is 25.0 Å². The van der Waals surface area contributed by atoms with E-state index in [1.807, 2.05) is 34.7 Å². The Morgan fingerprint density at radius 3 is 2.44 bits per heavy atom. The molecule has 0 N–H and O–H groups in total. The van der Waals surface area contributed by atoms with Crippen molar-refractivity contribution in [3.63, 3.8) is 0 Å². The number of carbonyl (C=O) groups excluding carboxylic acids is 1. The van der Waals surface area contributed by atoms with E-state index in [1.165, 1.54) is 0 Å². The molecule has 1 saturated carbocycles. The van der Waals surface area contributed by atoms with Crippen LogP contribution in [0.3, 0.4) is 0 Å². The second kappa shape index (κ2) is 11.6. The molecule has 1 spiro atoms. The number of morpholine rings is 1. The van der Waals surface area contributed by atoms with E-state index in [0.717, 1.165) is 91.4 Å². The molecular formula is C32H41N9O4. The van der Waals surface area contributed by atoms with Gasteiger partial charge in [-0.1, -0.05) is 19.1 Å². The predicted molar refractivity (Wildman–Crippen MR) is 167 cm³/mol. The number of aromatic nitrogens is 6. The van der Waals surface area contributed by atoms with Gasteiger partial charge in [-0.2, -0.15) is 9.97 Å². The second-order valence-corrected chi connectivity index (χ2v) is 12.5. The molecular weight excluding hydrogens is 574 g/mol. The fraction of sp³-hybridized carbons (Fsp3) is 0.594. The summed E-state index contributed by atoms with van der Waals surface area (Å²) in [5, 5.41) is 0. The lowest BCUT2D eigenvalue weighted by molar-refractivity contribution is -0.185. The van der Waals surface area contributed by atoms with Gasteiger partial charge < -0.3 is 28.6 Å². The number of piperazine rings is 1. The molecule has 6 heterocycles. The Bertz CT molecular complexity index is 1710. The lowest BCUT2D eigenvalue weighted by atomic mass is 9.88. The first kappa shape index (κ1) is 28.8. The number of hydrogen-bond donors (Lipinski definition) is 0. The average Bonchev–Trinajstić information content (AvgIpc) is 3.78. The van der Waals surface area contributed by atoms with Crippen molar-refractivity contribution in [1.29, 1.82) is 0 Å². The van der Waals surface area contributed by atoms with Gasteiger partial charge in [0, 0.05) is 58.5 Å². The van der Waals surface area contributed by atoms with Crippen molar-refractivity contribution in [2.75, 3.05) is 64.1 Å². The zero-order valence-corrected chi connectivity index (χ0v) is 26.2. The number of aryl methyl sites for hydroxylation is 2. The van der Waals surface area contributed by atoms with Crippen LogP contribution in [-0.2, 0) is 39.0 Å². The van der Waals surface area contributed by atoms with E-state index in [-0.39, 0.29) is 11.7 Å². The summed E-state index contributed by atoms with van der Waals surface area (Å²) in [4.78, 5) is 40.2. The van der Waals surface area contributed by atoms with E-state index >= 15 is 0 Å². The number of para-hydroxylation sites is 2. The summed E-state index contributed by atoms with van der Waals surface area (Å²) in [6.07, 6.45) is 4.53. The number of amides is 1. The highest BCUT2D eigenvalue weighted by molar-refractivity contribution is 5.86. The minimum Gasteiger partial charge on any atom is -0.378 e. The van der Waals surface area contributed by atoms with Crippen LogP contribution in [0.5, 0.6) is 0 Å². The van der Waals surface area contributed by atoms with Crippen LogP contribution < -0.4 is 4.90 Å². The number of fused-ring (bicyclic) bond motifs is 2. The normalized spacial score (nSPS) is 21.6. The van der Waals surface area contributed by atoms with Gasteiger partial charge in [-0.25, -0.2) is 9.97 Å². The molecule has 3 aliphatic heterocycles. The Morgan fingerprint density at radius 2 is 1.69 bits per heavy atom. The Kier molecular flexibility index (Phi) is 7.43. The summed E-state index contributed by atoms with van der Waals surface area (Å²) in [6.45, 7) is 8.58. The molecule has 1 amide bonds. The first-order valence-corrected chi connectivity index (χ1v) is 16.3. The number of hydrogen-bond acceptors (Lipinski definition) is 10. The number of imidazole rings is 2. The molecule has 1 aliphatic carbocycles. The van der Waals surface area contributed by atoms with E-state index in [9.17, 15) is 4.79 Å². The molecule has 0 unspecified atom stereocenters. The zero-order valence-electron chi connectivity index (χ0n) is 26.2. The summed E-state index contributed by atoms with van der Waals surface area (Å²) >= 11 is 0. The van der Waals surface area contributed by atoms with Crippen molar-refractivity contribution in [1.82, 2.24) is 38.9 Å². The summed E-state index contributed by atoms with van der Waals surface area (Å²) in [5.41, 5.74) is 3.39. The number of rotatable bonds is 6. The summed E-state index contributed by atoms with van der Waals surface area (Å²) in [6, 6.07) is 8.49. The number of benzene rings is 1. The summed E-state index contributed by atoms with van der Waals surface area (Å²) in [7, 11) is 1.99. The Balaban J connectivity index is 1.07. The molecule has 4 fully saturated rings. The van der Waals surface area contributed by atoms with Gasteiger partial charge in [0.05, 0.1) is 50.6 Å². The third-order valence-electron chi connectivity index (χ3n) is 9.97. The van der Waals surface area contributed by atoms with Gasteiger partial charge in [0.25, 0.3) is 0 Å². The molecule has 0 radical (unpaired) electrons. The number of carbonyl (C=O) groups is 1. The molecule has 8 rings (SSSR count). The van der Waals surface area contributed by atoms with Gasteiger partial charge in [-0.15, -0.1) is 0 Å². The third-order valence-corrected chi connectivity index (χ3v) is 9.97. The van der Waals surface area contributed by atoms with Crippen LogP contribution in [0.2, 0.25) is 0 Å². The van der Waals surface area contributed by atoms with Crippen molar-refractivity contribution >= 4 is 33.9 Å². The zero-order chi connectivity index (χ0) is 30.5. The maximum Gasteiger partial charge on any atom is 0.239 e. The van der Waals surface area contributed by atoms with Gasteiger partial charge in [0.15, 0.2) is 22.8 Å². The minimum atomic E-state index is -0.381. The Hall–Kier alpha value is -3.65. The largest absolute Gasteiger partial charge is 0.378 e. The quantitative estimate of drug-likeness (QED) is 0.320. The first-order valence-electron chi connectivity index (χ1n) is 16.3. The number of ether oxygens (including phenoxy) is 3. The number of anilines is 1. The molecule has 4 aliphatic rings. The van der Waals surface area contributed by atoms with E-state index < -0.39 is 0 Å². The van der Waals surface area contributed by atoms with Gasteiger partial charge in [0.1, 0.15) is 11.6 Å². The molecule has 13 nitrogen and oxygen atoms in total. The smallest absolute Gasteiger partial charge is 0.239 e. The topological polar surface area (TPSA) is 116 Å². The van der Waals surface area contributed by atoms with Crippen LogP contribution in [0.25, 0.3) is 28.1 Å². The van der Waals surface area contributed by atoms with Crippen LogP contribution in [0.1, 0.15) is 44.3 Å². The fourth-order valence-electron chi connectivity index (χ4n) is 7.42. The highest BCUT2D eigenvalue weighted by Gasteiger charge is 2.42. The van der Waals surface area contributed by atoms with Crippen molar-refractivity contribution in [2.24, 2.45) is 7.05 Å². The third kappa shape index (κ3) is 5.15. The van der Waals surface area contributed by atoms with Crippen LogP contribution in [0.15, 0.2) is 24.3 Å². The highest BCUT2D eigenvalue weighted by Crippen LogP contribution is 2.38. The van der Waals surface area contributed by atoms with Gasteiger partial charge in [0.2, 0.25) is 11.9 Å². The lowest BCUT2D eigenvalue weighted by Gasteiger charge is -2.43. The van der Waals surface area contributed by atoms with Crippen molar-refractivity contribution in [3.05, 3.63) is 35.9 Å². The molecule has 45 heavy (non-hydrogen) atoms. The van der Waals surface area contributed by atoms with Crippen LogP contribution in [-0.4, -0.2) is 116 Å². The molecule has 3 saturated heterocycles. The monoisotopic (exact) mass is 615 g/mol. The molecule has 13 heteroatoms. The molecule has 0 bridgehead atoms. The first-order chi connectivity index (χ1) is 22.0. The molecule has 4 aromatic rings. The molecule has 238 valence electrons. The molecule has 1 aromatic carbocycles. The fourth-order valence-corrected chi connectivity index (χ4v) is 7.42. The van der Waals surface area contributed by atoms with Crippen LogP contribution >= 0.6 is 0 Å². The standard InChI is InChI=1S/C32H41N9O4/c1-3-25-33-23-6-4-5-7-24(23)41(25)31-35-29-28(30(36-31)38-14-16-43-17-15-38)34-26(37(29)2)20-40-13-12-39(21-27(40)42)22-8-10-32(11-9-22)44-18-19-45-32/h4-7,22H,3,8-21H2,1-2H3. The SMILES string of the molecule is CCc1nc2ccccc2n1-c1nc(N2CCOCC2)c2nc(CN3CCN(C4CCC5(CC4)OCCO5)CC3=O)n(C)c2n1. The van der Waals surface area contributed by atoms with Crippen LogP contribution in [0.4, 0.5) is 5.82 Å². The second-order valence-electron chi connectivity index (χ2n) is 12.5. The van der Waals surface area contributed by atoms with E-state index in [4.69, 9.17) is 34.1 Å². The average molecular weight is 616 g/mol. The lowest BCUT2D eigenvalue weighted by Crippen LogP contribution is -2.55. The van der Waals surface area contributed by atoms with Crippen molar-refractivity contribution in [3.8, 4) is 5.95 Å². The maximum atomic E-state index is 13.5. The number of nitrogens with zero attached hydrogens (tertiary/aromatic N) is 9. The minimum absolute atomic E-state index is 0.139. The van der Waals surface area contributed by atoms with Gasteiger partial charge >= 0.3 is 0 Å². The maximum absolute atomic E-state index is 13.5. The van der Waals surface area contributed by atoms with E-state index in [2.05, 4.69) is 27.4 Å². The van der Waals surface area contributed by atoms with E-state index in [1.54, 1.807) is 0 Å². The Morgan fingerprint density at radius 1 is 0.911 bits per heavy atom. The molecule has 0 atom stereocenters. The highest BCUT2D eigenvalue weighted by atomic mass is 16.7. The van der Waals surface area contributed by atoms with Crippen molar-refractivity contribution in [2.45, 2.75) is 57.4 Å². The summed E-state index contributed by atoms with van der Waals surface area (Å²) in [5.74, 6) is 2.84. The Labute approximate surface area is 262 Å².